The molecule has 1 unspecified atom stereocenters. The largest absolute Gasteiger partial charge is 0.484 e. The predicted octanol–water partition coefficient (Wildman–Crippen LogP) is 4.14. The number of aliphatic hydroxyl groups is 1. The van der Waals surface area contributed by atoms with Gasteiger partial charge in [0, 0.05) is 0 Å². The summed E-state index contributed by atoms with van der Waals surface area (Å²) in [7, 11) is 0. The Morgan fingerprint density at radius 2 is 1.74 bits per heavy atom. The highest BCUT2D eigenvalue weighted by atomic mass is 19.4. The lowest BCUT2D eigenvalue weighted by atomic mass is 9.86. The van der Waals surface area contributed by atoms with Gasteiger partial charge < -0.3 is 15.2 Å². The van der Waals surface area contributed by atoms with Crippen molar-refractivity contribution in [1.29, 1.82) is 0 Å². The maximum Gasteiger partial charge on any atom is 0.422 e. The fraction of sp³-hybridized carbons (Fsp3) is 0.588. The third-order valence-electron chi connectivity index (χ3n) is 4.01. The average Bonchev–Trinajstić information content (AvgIpc) is 2.51. The lowest BCUT2D eigenvalue weighted by Crippen LogP contribution is -2.52. The highest BCUT2D eigenvalue weighted by Gasteiger charge is 2.56. The molecular weight excluding hydrogens is 380 g/mol. The topological polar surface area (TPSA) is 58.6 Å². The Morgan fingerprint density at radius 3 is 2.22 bits per heavy atom. The number of amides is 1. The molecule has 0 aliphatic heterocycles. The van der Waals surface area contributed by atoms with Crippen LogP contribution in [0.25, 0.3) is 0 Å². The van der Waals surface area contributed by atoms with Crippen LogP contribution in [-0.4, -0.2) is 35.6 Å². The first-order valence-corrected chi connectivity index (χ1v) is 8.03. The molecule has 0 heterocycles. The van der Waals surface area contributed by atoms with E-state index in [1.54, 1.807) is 0 Å². The van der Waals surface area contributed by atoms with Crippen molar-refractivity contribution in [2.75, 3.05) is 6.61 Å². The summed E-state index contributed by atoms with van der Waals surface area (Å²) in [4.78, 5) is 12.0. The Kier molecular flexibility index (Phi) is 7.15. The normalized spacial score (nSPS) is 16.0. The van der Waals surface area contributed by atoms with Crippen molar-refractivity contribution < 1.29 is 41.0 Å². The maximum atomic E-state index is 13.1. The number of rotatable bonds is 7. The number of hydrogen-bond donors (Lipinski definition) is 2. The zero-order valence-electron chi connectivity index (χ0n) is 14.9. The van der Waals surface area contributed by atoms with Crippen molar-refractivity contribution in [2.24, 2.45) is 5.92 Å². The smallest absolute Gasteiger partial charge is 0.422 e. The van der Waals surface area contributed by atoms with Gasteiger partial charge in [-0.15, -0.1) is 0 Å². The van der Waals surface area contributed by atoms with E-state index in [1.807, 2.05) is 0 Å². The molecule has 10 heteroatoms. The molecule has 2 atom stereocenters. The molecule has 0 bridgehead atoms. The molecule has 0 radical (unpaired) electrons. The summed E-state index contributed by atoms with van der Waals surface area (Å²) in [6.45, 7) is 2.24. The van der Waals surface area contributed by atoms with Crippen LogP contribution in [0.3, 0.4) is 0 Å². The Morgan fingerprint density at radius 1 is 1.15 bits per heavy atom. The van der Waals surface area contributed by atoms with Crippen LogP contribution in [0.5, 0.6) is 5.75 Å². The number of benzene rings is 1. The number of nitrogens with one attached hydrogen (secondary N) is 1. The second-order valence-corrected chi connectivity index (χ2v) is 6.52. The van der Waals surface area contributed by atoms with Crippen molar-refractivity contribution in [1.82, 2.24) is 5.32 Å². The monoisotopic (exact) mass is 401 g/mol. The van der Waals surface area contributed by atoms with E-state index in [9.17, 15) is 36.2 Å². The molecular formula is C17H21F6NO3. The van der Waals surface area contributed by atoms with Gasteiger partial charge in [-0.2, -0.15) is 26.3 Å². The van der Waals surface area contributed by atoms with Gasteiger partial charge in [0.2, 0.25) is 5.91 Å². The van der Waals surface area contributed by atoms with Gasteiger partial charge in [0.25, 0.3) is 0 Å². The van der Waals surface area contributed by atoms with Crippen LogP contribution in [0.2, 0.25) is 0 Å². The molecule has 0 aromatic heterocycles. The van der Waals surface area contributed by atoms with Gasteiger partial charge in [-0.3, -0.25) is 4.79 Å². The molecule has 1 aromatic carbocycles. The summed E-state index contributed by atoms with van der Waals surface area (Å²) < 4.78 is 80.4. The first kappa shape index (κ1) is 23.1. The van der Waals surface area contributed by atoms with Crippen LogP contribution in [0.1, 0.15) is 38.8 Å². The lowest BCUT2D eigenvalue weighted by molar-refractivity contribution is -0.276. The molecule has 1 amide bonds. The van der Waals surface area contributed by atoms with Gasteiger partial charge in [0.1, 0.15) is 5.75 Å². The van der Waals surface area contributed by atoms with Gasteiger partial charge in [0.05, 0.1) is 12.5 Å². The second-order valence-electron chi connectivity index (χ2n) is 6.52. The summed E-state index contributed by atoms with van der Waals surface area (Å²) >= 11 is 0. The predicted molar refractivity (Wildman–Crippen MR) is 85.0 cm³/mol. The molecule has 0 aliphatic rings. The second kappa shape index (κ2) is 8.37. The first-order valence-electron chi connectivity index (χ1n) is 8.03. The van der Waals surface area contributed by atoms with E-state index in [0.29, 0.717) is 5.56 Å². The molecule has 0 aliphatic carbocycles. The molecule has 154 valence electrons. The lowest BCUT2D eigenvalue weighted by Gasteiger charge is -2.33. The summed E-state index contributed by atoms with van der Waals surface area (Å²) in [5.41, 5.74) is -2.85. The molecule has 1 rings (SSSR count). The highest BCUT2D eigenvalue weighted by molar-refractivity contribution is 5.77. The standard InChI is InChI=1S/C17H21F6NO3/c1-10(2)15(26,17(21,22)23)8-14(25)24-11(3)12-5-4-6-13(7-12)27-9-16(18,19)20/h4-7,10-11,26H,8-9H2,1-3H3,(H,24,25)/t11-,15?/m0/s1. The summed E-state index contributed by atoms with van der Waals surface area (Å²) in [5.74, 6) is -2.39. The minimum atomic E-state index is -4.99. The van der Waals surface area contributed by atoms with Crippen LogP contribution >= 0.6 is 0 Å². The van der Waals surface area contributed by atoms with E-state index in [1.165, 1.54) is 31.2 Å². The third-order valence-corrected chi connectivity index (χ3v) is 4.01. The fourth-order valence-corrected chi connectivity index (χ4v) is 2.29. The Labute approximate surface area is 152 Å². The van der Waals surface area contributed by atoms with E-state index >= 15 is 0 Å². The van der Waals surface area contributed by atoms with E-state index in [4.69, 9.17) is 0 Å². The van der Waals surface area contributed by atoms with Crippen molar-refractivity contribution in [3.8, 4) is 5.75 Å². The molecule has 4 nitrogen and oxygen atoms in total. The maximum absolute atomic E-state index is 13.1. The Hall–Kier alpha value is -1.97. The zero-order chi connectivity index (χ0) is 21.0. The number of hydrogen-bond acceptors (Lipinski definition) is 3. The number of alkyl halides is 6. The van der Waals surface area contributed by atoms with E-state index in [0.717, 1.165) is 13.8 Å². The van der Waals surface area contributed by atoms with E-state index < -0.39 is 48.8 Å². The minimum Gasteiger partial charge on any atom is -0.484 e. The number of carbonyl (C=O) groups excluding carboxylic acids is 1. The van der Waals surface area contributed by atoms with Crippen molar-refractivity contribution in [3.63, 3.8) is 0 Å². The van der Waals surface area contributed by atoms with Crippen LogP contribution in [-0.2, 0) is 4.79 Å². The van der Waals surface area contributed by atoms with Gasteiger partial charge in [-0.25, -0.2) is 0 Å². The van der Waals surface area contributed by atoms with E-state index in [2.05, 4.69) is 10.1 Å². The van der Waals surface area contributed by atoms with Crippen LogP contribution in [0.4, 0.5) is 26.3 Å². The van der Waals surface area contributed by atoms with Crippen molar-refractivity contribution in [2.45, 2.75) is 51.2 Å². The van der Waals surface area contributed by atoms with Gasteiger partial charge in [-0.05, 0) is 30.5 Å². The molecule has 0 saturated heterocycles. The van der Waals surface area contributed by atoms with Crippen LogP contribution in [0.15, 0.2) is 24.3 Å². The quantitative estimate of drug-likeness (QED) is 0.675. The Bertz CT molecular complexity index is 644. The van der Waals surface area contributed by atoms with Gasteiger partial charge >= 0.3 is 12.4 Å². The number of halogens is 6. The summed E-state index contributed by atoms with van der Waals surface area (Å²) in [6, 6.07) is 4.59. The highest BCUT2D eigenvalue weighted by Crippen LogP contribution is 2.39. The average molecular weight is 401 g/mol. The first-order chi connectivity index (χ1) is 12.2. The third kappa shape index (κ3) is 6.60. The van der Waals surface area contributed by atoms with E-state index in [-0.39, 0.29) is 5.75 Å². The molecule has 1 aromatic rings. The molecule has 27 heavy (non-hydrogen) atoms. The number of ether oxygens (including phenoxy) is 1. The Balaban J connectivity index is 2.81. The number of carbonyl (C=O) groups is 1. The van der Waals surface area contributed by atoms with Gasteiger partial charge in [0.15, 0.2) is 12.2 Å². The molecule has 0 saturated carbocycles. The molecule has 2 N–H and O–H groups in total. The van der Waals surface area contributed by atoms with Crippen LogP contribution < -0.4 is 10.1 Å². The van der Waals surface area contributed by atoms with Gasteiger partial charge in [-0.1, -0.05) is 26.0 Å². The minimum absolute atomic E-state index is 0.0973. The fourth-order valence-electron chi connectivity index (χ4n) is 2.29. The zero-order valence-corrected chi connectivity index (χ0v) is 14.9. The van der Waals surface area contributed by atoms with Crippen LogP contribution in [0, 0.1) is 5.92 Å². The summed E-state index contributed by atoms with van der Waals surface area (Å²) in [5, 5.41) is 12.2. The van der Waals surface area contributed by atoms with Crippen molar-refractivity contribution in [3.05, 3.63) is 29.8 Å². The molecule has 0 fully saturated rings. The SMILES string of the molecule is CC(C)C(O)(CC(=O)N[C@@H](C)c1cccc(OCC(F)(F)F)c1)C(F)(F)F. The van der Waals surface area contributed by atoms with Crippen molar-refractivity contribution >= 4 is 5.91 Å². The molecule has 0 spiro atoms. The summed E-state index contributed by atoms with van der Waals surface area (Å²) in [6.07, 6.45) is -10.7.